The largest absolute Gasteiger partial charge is 0.481 e. The van der Waals surface area contributed by atoms with Gasteiger partial charge in [-0.25, -0.2) is 9.59 Å². The monoisotopic (exact) mass is 387 g/mol. The van der Waals surface area contributed by atoms with Gasteiger partial charge >= 0.3 is 18.0 Å². The normalized spacial score (nSPS) is 13.3. The molecule has 2 unspecified atom stereocenters. The number of rotatable bonds is 9. The van der Waals surface area contributed by atoms with Crippen molar-refractivity contribution in [2.75, 3.05) is 13.2 Å². The summed E-state index contributed by atoms with van der Waals surface area (Å²) < 4.78 is 7.51. The summed E-state index contributed by atoms with van der Waals surface area (Å²) in [5.74, 6) is -3.75. The van der Waals surface area contributed by atoms with Crippen LogP contribution in [0.3, 0.4) is 0 Å². The Morgan fingerprint density at radius 2 is 1.78 bits per heavy atom. The minimum Gasteiger partial charge on any atom is -0.481 e. The van der Waals surface area contributed by atoms with Crippen LogP contribution in [-0.4, -0.2) is 46.2 Å². The van der Waals surface area contributed by atoms with Crippen molar-refractivity contribution >= 4 is 52.8 Å². The first-order valence-corrected chi connectivity index (χ1v) is 7.37. The van der Waals surface area contributed by atoms with E-state index in [0.717, 1.165) is 0 Å². The number of hydrogen-bond donors (Lipinski definition) is 2. The quantitative estimate of drug-likeness (QED) is 0.357. The molecule has 10 heteroatoms. The van der Waals surface area contributed by atoms with Crippen molar-refractivity contribution in [1.82, 2.24) is 5.32 Å². The molecule has 0 heterocycles. The van der Waals surface area contributed by atoms with E-state index in [1.807, 2.05) is 0 Å². The molecule has 0 aliphatic rings. The fraction of sp³-hybridized carbons (Fsp3) is 0.462. The van der Waals surface area contributed by atoms with Crippen molar-refractivity contribution in [3.05, 3.63) is 25.3 Å². The number of halogens is 3. The summed E-state index contributed by atoms with van der Waals surface area (Å²) >= 11 is 16.4. The first kappa shape index (κ1) is 21.6. The van der Waals surface area contributed by atoms with Gasteiger partial charge in [0.1, 0.15) is 19.3 Å². The molecular formula is C13H16Cl3NO6. The van der Waals surface area contributed by atoms with E-state index in [4.69, 9.17) is 39.5 Å². The van der Waals surface area contributed by atoms with Gasteiger partial charge in [0.25, 0.3) is 0 Å². The molecule has 0 bridgehead atoms. The van der Waals surface area contributed by atoms with E-state index in [2.05, 4.69) is 23.2 Å². The van der Waals surface area contributed by atoms with Crippen LogP contribution in [0.15, 0.2) is 25.3 Å². The number of hydrogen-bond acceptors (Lipinski definition) is 5. The number of amides is 1. The fourth-order valence-electron chi connectivity index (χ4n) is 1.43. The molecule has 2 atom stereocenters. The van der Waals surface area contributed by atoms with E-state index < -0.39 is 40.4 Å². The standard InChI is InChI=1S/C13H16Cl3NO6/c1-3-5-8(10(18)19)9(17-12(21)22-6-4-2)11(20)23-7-13(14,15)16/h3-4,8-9H,1-2,5-7H2,(H,17,21)(H,18,19). The summed E-state index contributed by atoms with van der Waals surface area (Å²) in [5.41, 5.74) is 0. The van der Waals surface area contributed by atoms with Crippen LogP contribution < -0.4 is 5.32 Å². The summed E-state index contributed by atoms with van der Waals surface area (Å²) in [6.07, 6.45) is 1.46. The summed E-state index contributed by atoms with van der Waals surface area (Å²) in [4.78, 5) is 34.9. The SMILES string of the molecule is C=CCOC(=O)NC(C(=O)OCC(Cl)(Cl)Cl)C(CC=C)C(=O)O. The summed E-state index contributed by atoms with van der Waals surface area (Å²) in [6, 6.07) is -1.55. The molecular weight excluding hydrogens is 373 g/mol. The zero-order chi connectivity index (χ0) is 18.0. The highest BCUT2D eigenvalue weighted by molar-refractivity contribution is 6.67. The number of ether oxygens (including phenoxy) is 2. The van der Waals surface area contributed by atoms with Crippen molar-refractivity contribution < 1.29 is 29.0 Å². The lowest BCUT2D eigenvalue weighted by molar-refractivity contribution is -0.154. The van der Waals surface area contributed by atoms with Crippen molar-refractivity contribution in [3.8, 4) is 0 Å². The molecule has 0 spiro atoms. The van der Waals surface area contributed by atoms with Crippen molar-refractivity contribution in [2.45, 2.75) is 16.3 Å². The highest BCUT2D eigenvalue weighted by atomic mass is 35.6. The molecule has 0 fully saturated rings. The number of allylic oxidation sites excluding steroid dienone is 1. The van der Waals surface area contributed by atoms with E-state index in [1.54, 1.807) is 0 Å². The van der Waals surface area contributed by atoms with Crippen LogP contribution in [0.25, 0.3) is 0 Å². The number of nitrogens with one attached hydrogen (secondary N) is 1. The Balaban J connectivity index is 5.13. The fourth-order valence-corrected chi connectivity index (χ4v) is 1.59. The number of esters is 1. The minimum absolute atomic E-state index is 0.107. The van der Waals surface area contributed by atoms with Gasteiger partial charge in [0, 0.05) is 0 Å². The smallest absolute Gasteiger partial charge is 0.408 e. The molecule has 1 amide bonds. The molecule has 0 aliphatic heterocycles. The lowest BCUT2D eigenvalue weighted by Crippen LogP contribution is -2.49. The number of aliphatic carboxylic acids is 1. The minimum atomic E-state index is -1.87. The van der Waals surface area contributed by atoms with Gasteiger partial charge in [-0.3, -0.25) is 4.79 Å². The molecule has 0 aromatic carbocycles. The van der Waals surface area contributed by atoms with Crippen LogP contribution in [0.2, 0.25) is 0 Å². The Morgan fingerprint density at radius 3 is 2.22 bits per heavy atom. The molecule has 23 heavy (non-hydrogen) atoms. The number of alkyl carbamates (subject to hydrolysis) is 1. The van der Waals surface area contributed by atoms with Crippen molar-refractivity contribution in [3.63, 3.8) is 0 Å². The van der Waals surface area contributed by atoms with Crippen molar-refractivity contribution in [2.24, 2.45) is 5.92 Å². The van der Waals surface area contributed by atoms with Gasteiger partial charge in [-0.05, 0) is 6.42 Å². The maximum Gasteiger partial charge on any atom is 0.408 e. The maximum atomic E-state index is 12.0. The molecule has 130 valence electrons. The first-order valence-electron chi connectivity index (χ1n) is 6.23. The van der Waals surface area contributed by atoms with Gasteiger partial charge in [0.2, 0.25) is 3.79 Å². The molecule has 0 rings (SSSR count). The molecule has 0 aliphatic carbocycles. The van der Waals surface area contributed by atoms with Gasteiger partial charge in [0.05, 0.1) is 5.92 Å². The Labute approximate surface area is 148 Å². The Bertz CT molecular complexity index is 463. The molecule has 0 saturated carbocycles. The van der Waals surface area contributed by atoms with Gasteiger partial charge in [-0.15, -0.1) is 6.58 Å². The van der Waals surface area contributed by atoms with Crippen LogP contribution >= 0.6 is 34.8 Å². The average Bonchev–Trinajstić information content (AvgIpc) is 2.45. The van der Waals surface area contributed by atoms with Crippen LogP contribution in [0.1, 0.15) is 6.42 Å². The van der Waals surface area contributed by atoms with Gasteiger partial charge < -0.3 is 19.9 Å². The number of carboxylic acid groups (broad SMARTS) is 1. The molecule has 7 nitrogen and oxygen atoms in total. The van der Waals surface area contributed by atoms with E-state index in [1.165, 1.54) is 12.2 Å². The predicted molar refractivity (Wildman–Crippen MR) is 85.7 cm³/mol. The first-order chi connectivity index (χ1) is 10.6. The molecule has 0 saturated heterocycles. The Kier molecular flexibility index (Phi) is 9.71. The van der Waals surface area contributed by atoms with Gasteiger partial charge in [0.15, 0.2) is 0 Å². The summed E-state index contributed by atoms with van der Waals surface area (Å²) in [6.45, 7) is 6.01. The molecule has 0 radical (unpaired) electrons. The van der Waals surface area contributed by atoms with E-state index in [9.17, 15) is 19.5 Å². The number of carbonyl (C=O) groups is 3. The second-order valence-corrected chi connectivity index (χ2v) is 6.72. The third kappa shape index (κ3) is 9.32. The third-order valence-corrected chi connectivity index (χ3v) is 2.71. The lowest BCUT2D eigenvalue weighted by Gasteiger charge is -2.23. The molecule has 2 N–H and O–H groups in total. The van der Waals surface area contributed by atoms with Crippen LogP contribution in [0.4, 0.5) is 4.79 Å². The predicted octanol–water partition coefficient (Wildman–Crippen LogP) is 2.46. The second-order valence-electron chi connectivity index (χ2n) is 4.20. The zero-order valence-corrected chi connectivity index (χ0v) is 14.2. The van der Waals surface area contributed by atoms with E-state index in [-0.39, 0.29) is 13.0 Å². The van der Waals surface area contributed by atoms with Crippen molar-refractivity contribution in [1.29, 1.82) is 0 Å². The highest BCUT2D eigenvalue weighted by Gasteiger charge is 2.37. The number of carbonyl (C=O) groups excluding carboxylic acids is 2. The summed E-state index contributed by atoms with van der Waals surface area (Å²) in [5, 5.41) is 11.3. The topological polar surface area (TPSA) is 102 Å². The number of alkyl halides is 3. The van der Waals surface area contributed by atoms with Crippen LogP contribution in [0.5, 0.6) is 0 Å². The Morgan fingerprint density at radius 1 is 1.17 bits per heavy atom. The lowest BCUT2D eigenvalue weighted by atomic mass is 9.96. The van der Waals surface area contributed by atoms with E-state index in [0.29, 0.717) is 0 Å². The molecule has 0 aromatic rings. The van der Waals surface area contributed by atoms with Crippen LogP contribution in [-0.2, 0) is 19.1 Å². The van der Waals surface area contributed by atoms with Gasteiger partial charge in [-0.2, -0.15) is 0 Å². The van der Waals surface area contributed by atoms with E-state index >= 15 is 0 Å². The summed E-state index contributed by atoms with van der Waals surface area (Å²) in [7, 11) is 0. The highest BCUT2D eigenvalue weighted by Crippen LogP contribution is 2.26. The van der Waals surface area contributed by atoms with Gasteiger partial charge in [-0.1, -0.05) is 53.5 Å². The second kappa shape index (κ2) is 10.4. The third-order valence-electron chi connectivity index (χ3n) is 2.38. The van der Waals surface area contributed by atoms with Crippen LogP contribution in [0, 0.1) is 5.92 Å². The maximum absolute atomic E-state index is 12.0. The number of carboxylic acids is 1. The zero-order valence-electron chi connectivity index (χ0n) is 12.0. The molecule has 0 aromatic heterocycles. The Hall–Kier alpha value is -1.44. The average molecular weight is 389 g/mol.